The first-order chi connectivity index (χ1) is 6.88. The van der Waals surface area contributed by atoms with Crippen molar-refractivity contribution < 1.29 is 10.2 Å². The lowest BCUT2D eigenvalue weighted by Gasteiger charge is -2.19. The summed E-state index contributed by atoms with van der Waals surface area (Å²) in [6, 6.07) is 0. The van der Waals surface area contributed by atoms with Gasteiger partial charge in [-0.3, -0.25) is 0 Å². The molecule has 0 fully saturated rings. The summed E-state index contributed by atoms with van der Waals surface area (Å²) in [7, 11) is 0. The molecule has 14 heavy (non-hydrogen) atoms. The molecule has 2 N–H and O–H groups in total. The van der Waals surface area contributed by atoms with Crippen LogP contribution in [0.15, 0.2) is 12.2 Å². The Hall–Kier alpha value is -1.22. The Morgan fingerprint density at radius 2 is 1.36 bits per heavy atom. The number of hydrogen-bond acceptors (Lipinski definition) is 2. The van der Waals surface area contributed by atoms with Crippen LogP contribution in [0.2, 0.25) is 0 Å². The minimum absolute atomic E-state index is 0.0355. The normalized spacial score (nSPS) is 27.9. The van der Waals surface area contributed by atoms with E-state index in [1.54, 1.807) is 12.2 Å². The Balaban J connectivity index is 2.74. The molecular formula is C12H14O2. The molecule has 0 unspecified atom stereocenters. The molecule has 0 aromatic rings. The second-order valence-corrected chi connectivity index (χ2v) is 3.27. The molecule has 0 heterocycles. The van der Waals surface area contributed by atoms with Crippen LogP contribution >= 0.6 is 0 Å². The third-order valence-electron chi connectivity index (χ3n) is 2.32. The zero-order valence-electron chi connectivity index (χ0n) is 8.03. The van der Waals surface area contributed by atoms with Gasteiger partial charge in [-0.1, -0.05) is 23.7 Å². The van der Waals surface area contributed by atoms with E-state index in [0.717, 1.165) is 0 Å². The number of aliphatic hydroxyl groups excluding tert-OH is 2. The SMILES string of the molecule is OC[C@@H]1CC#C/C=C\C#CC[C@@H]1CO. The van der Waals surface area contributed by atoms with Crippen LogP contribution in [0.3, 0.4) is 0 Å². The van der Waals surface area contributed by atoms with E-state index < -0.39 is 0 Å². The van der Waals surface area contributed by atoms with E-state index in [2.05, 4.69) is 23.7 Å². The van der Waals surface area contributed by atoms with E-state index in [9.17, 15) is 0 Å². The molecule has 0 amide bonds. The Morgan fingerprint density at radius 1 is 0.929 bits per heavy atom. The number of rotatable bonds is 2. The van der Waals surface area contributed by atoms with Gasteiger partial charge in [-0.2, -0.15) is 0 Å². The maximum absolute atomic E-state index is 9.13. The topological polar surface area (TPSA) is 40.5 Å². The molecule has 2 nitrogen and oxygen atoms in total. The summed E-state index contributed by atoms with van der Waals surface area (Å²) in [6.45, 7) is 0.122. The van der Waals surface area contributed by atoms with Crippen molar-refractivity contribution in [1.82, 2.24) is 0 Å². The fourth-order valence-electron chi connectivity index (χ4n) is 1.34. The van der Waals surface area contributed by atoms with Gasteiger partial charge in [0.15, 0.2) is 0 Å². The van der Waals surface area contributed by atoms with Gasteiger partial charge in [-0.05, 0) is 24.0 Å². The van der Waals surface area contributed by atoms with Gasteiger partial charge in [-0.25, -0.2) is 0 Å². The molecule has 0 radical (unpaired) electrons. The minimum atomic E-state index is 0.0355. The van der Waals surface area contributed by atoms with E-state index in [4.69, 9.17) is 10.2 Å². The first kappa shape index (κ1) is 10.9. The molecule has 1 aliphatic carbocycles. The van der Waals surface area contributed by atoms with E-state index in [-0.39, 0.29) is 25.0 Å². The fourth-order valence-corrected chi connectivity index (χ4v) is 1.34. The largest absolute Gasteiger partial charge is 0.396 e. The van der Waals surface area contributed by atoms with Crippen molar-refractivity contribution in [3.05, 3.63) is 12.2 Å². The lowest BCUT2D eigenvalue weighted by Crippen LogP contribution is -2.21. The zero-order chi connectivity index (χ0) is 10.2. The van der Waals surface area contributed by atoms with Crippen LogP contribution in [0.1, 0.15) is 12.8 Å². The van der Waals surface area contributed by atoms with Crippen molar-refractivity contribution in [3.8, 4) is 23.7 Å². The third-order valence-corrected chi connectivity index (χ3v) is 2.32. The molecule has 0 aliphatic heterocycles. The van der Waals surface area contributed by atoms with Crippen molar-refractivity contribution in [2.45, 2.75) is 12.8 Å². The Bertz CT molecular complexity index is 277. The lowest BCUT2D eigenvalue weighted by atomic mass is 9.88. The van der Waals surface area contributed by atoms with Crippen molar-refractivity contribution >= 4 is 0 Å². The van der Waals surface area contributed by atoms with Crippen LogP contribution in [0.25, 0.3) is 0 Å². The Labute approximate surface area is 84.6 Å². The van der Waals surface area contributed by atoms with Crippen LogP contribution < -0.4 is 0 Å². The first-order valence-corrected chi connectivity index (χ1v) is 4.72. The molecule has 0 bridgehead atoms. The van der Waals surface area contributed by atoms with Crippen LogP contribution in [0.4, 0.5) is 0 Å². The van der Waals surface area contributed by atoms with Gasteiger partial charge < -0.3 is 10.2 Å². The van der Waals surface area contributed by atoms with Crippen LogP contribution in [-0.2, 0) is 0 Å². The summed E-state index contributed by atoms with van der Waals surface area (Å²) in [4.78, 5) is 0. The summed E-state index contributed by atoms with van der Waals surface area (Å²) in [6.07, 6.45) is 4.66. The molecule has 0 spiro atoms. The van der Waals surface area contributed by atoms with Gasteiger partial charge in [-0.15, -0.1) is 0 Å². The highest BCUT2D eigenvalue weighted by Crippen LogP contribution is 2.18. The van der Waals surface area contributed by atoms with Gasteiger partial charge >= 0.3 is 0 Å². The molecule has 0 aromatic carbocycles. The van der Waals surface area contributed by atoms with E-state index in [1.165, 1.54) is 0 Å². The average molecular weight is 190 g/mol. The van der Waals surface area contributed by atoms with Crippen molar-refractivity contribution in [2.75, 3.05) is 13.2 Å². The fraction of sp³-hybridized carbons (Fsp3) is 0.500. The minimum Gasteiger partial charge on any atom is -0.396 e. The highest BCUT2D eigenvalue weighted by atomic mass is 16.3. The third kappa shape index (κ3) is 3.26. The lowest BCUT2D eigenvalue weighted by molar-refractivity contribution is 0.125. The summed E-state index contributed by atoms with van der Waals surface area (Å²) in [5.41, 5.74) is 0. The summed E-state index contributed by atoms with van der Waals surface area (Å²) < 4.78 is 0. The summed E-state index contributed by atoms with van der Waals surface area (Å²) in [5, 5.41) is 18.3. The highest BCUT2D eigenvalue weighted by Gasteiger charge is 2.18. The quantitative estimate of drug-likeness (QED) is 0.625. The van der Waals surface area contributed by atoms with Crippen LogP contribution in [-0.4, -0.2) is 23.4 Å². The highest BCUT2D eigenvalue weighted by molar-refractivity contribution is 5.25. The molecule has 0 aromatic heterocycles. The molecular weight excluding hydrogens is 176 g/mol. The Morgan fingerprint density at radius 3 is 1.71 bits per heavy atom. The van der Waals surface area contributed by atoms with Gasteiger partial charge in [0, 0.05) is 26.1 Å². The summed E-state index contributed by atoms with van der Waals surface area (Å²) in [5.74, 6) is 11.6. The van der Waals surface area contributed by atoms with Crippen LogP contribution in [0, 0.1) is 35.5 Å². The standard InChI is InChI=1S/C12H14O2/c13-9-11-7-5-3-1-2-4-6-8-12(11)10-14/h1-2,11-14H,7-10H2/b2-1-/t11-,12+. The van der Waals surface area contributed by atoms with Crippen LogP contribution in [0.5, 0.6) is 0 Å². The molecule has 0 saturated heterocycles. The molecule has 1 rings (SSSR count). The van der Waals surface area contributed by atoms with Crippen molar-refractivity contribution in [3.63, 3.8) is 0 Å². The first-order valence-electron chi connectivity index (χ1n) is 4.72. The second kappa shape index (κ2) is 6.27. The maximum atomic E-state index is 9.13. The predicted octanol–water partition coefficient (Wildman–Crippen LogP) is 0.560. The predicted molar refractivity (Wildman–Crippen MR) is 55.1 cm³/mol. The number of hydrogen-bond donors (Lipinski definition) is 2. The van der Waals surface area contributed by atoms with E-state index in [0.29, 0.717) is 12.8 Å². The van der Waals surface area contributed by atoms with E-state index >= 15 is 0 Å². The Kier molecular flexibility index (Phi) is 4.86. The molecule has 74 valence electrons. The number of aliphatic hydroxyl groups is 2. The van der Waals surface area contributed by atoms with Crippen molar-refractivity contribution in [2.24, 2.45) is 11.8 Å². The van der Waals surface area contributed by atoms with Gasteiger partial charge in [0.2, 0.25) is 0 Å². The van der Waals surface area contributed by atoms with Gasteiger partial charge in [0.1, 0.15) is 0 Å². The number of allylic oxidation sites excluding steroid dienone is 2. The molecule has 1 aliphatic rings. The van der Waals surface area contributed by atoms with E-state index in [1.807, 2.05) is 0 Å². The monoisotopic (exact) mass is 190 g/mol. The smallest absolute Gasteiger partial charge is 0.0472 e. The van der Waals surface area contributed by atoms with Gasteiger partial charge in [0.05, 0.1) is 0 Å². The maximum Gasteiger partial charge on any atom is 0.0472 e. The second-order valence-electron chi connectivity index (χ2n) is 3.27. The molecule has 2 heteroatoms. The van der Waals surface area contributed by atoms with Crippen molar-refractivity contribution in [1.29, 1.82) is 0 Å². The average Bonchev–Trinajstić information content (AvgIpc) is 2.24. The zero-order valence-corrected chi connectivity index (χ0v) is 8.03. The summed E-state index contributed by atoms with van der Waals surface area (Å²) >= 11 is 0. The van der Waals surface area contributed by atoms with Gasteiger partial charge in [0.25, 0.3) is 0 Å². The molecule has 0 saturated carbocycles. The molecule has 2 atom stereocenters.